The Bertz CT molecular complexity index is 748. The molecule has 0 unspecified atom stereocenters. The number of rotatable bonds is 6. The molecule has 0 aliphatic rings. The molecular weight excluding hydrogens is 322 g/mol. The van der Waals surface area contributed by atoms with Crippen molar-refractivity contribution in [3.8, 4) is 0 Å². The fourth-order valence-corrected chi connectivity index (χ4v) is 4.06. The van der Waals surface area contributed by atoms with Gasteiger partial charge in [-0.2, -0.15) is 0 Å². The Labute approximate surface area is 134 Å². The predicted octanol–water partition coefficient (Wildman–Crippen LogP) is 3.42. The average Bonchev–Trinajstić information content (AvgIpc) is 2.92. The van der Waals surface area contributed by atoms with E-state index >= 15 is 0 Å². The molecule has 0 bridgehead atoms. The van der Waals surface area contributed by atoms with Crippen molar-refractivity contribution in [1.29, 1.82) is 0 Å². The van der Waals surface area contributed by atoms with Gasteiger partial charge in [0.15, 0.2) is 0 Å². The first-order valence-corrected chi connectivity index (χ1v) is 9.09. The van der Waals surface area contributed by atoms with Gasteiger partial charge in [0.25, 0.3) is 10.0 Å². The van der Waals surface area contributed by atoms with Crippen molar-refractivity contribution >= 4 is 33.0 Å². The second-order valence-corrected chi connectivity index (χ2v) is 7.88. The van der Waals surface area contributed by atoms with E-state index in [1.807, 2.05) is 13.8 Å². The van der Waals surface area contributed by atoms with Crippen LogP contribution < -0.4 is 4.72 Å². The lowest BCUT2D eigenvalue weighted by Gasteiger charge is -2.07. The molecule has 0 saturated carbocycles. The molecule has 0 aliphatic carbocycles. The van der Waals surface area contributed by atoms with Gasteiger partial charge < -0.3 is 4.74 Å². The van der Waals surface area contributed by atoms with Crippen LogP contribution in [-0.4, -0.2) is 21.0 Å². The fraction of sp³-hybridized carbons (Fsp3) is 0.267. The van der Waals surface area contributed by atoms with Crippen LogP contribution in [0.5, 0.6) is 0 Å². The van der Waals surface area contributed by atoms with Crippen LogP contribution >= 0.6 is 11.3 Å². The Morgan fingerprint density at radius 3 is 2.41 bits per heavy atom. The predicted molar refractivity (Wildman–Crippen MR) is 86.9 cm³/mol. The number of ether oxygens (including phenoxy) is 1. The van der Waals surface area contributed by atoms with E-state index in [-0.39, 0.29) is 4.21 Å². The van der Waals surface area contributed by atoms with Gasteiger partial charge in [0.2, 0.25) is 0 Å². The highest BCUT2D eigenvalue weighted by molar-refractivity contribution is 7.94. The van der Waals surface area contributed by atoms with Crippen LogP contribution in [0.1, 0.15) is 28.6 Å². The lowest BCUT2D eigenvalue weighted by molar-refractivity contribution is 0.0505. The van der Waals surface area contributed by atoms with Crippen molar-refractivity contribution in [2.24, 2.45) is 0 Å². The molecule has 1 N–H and O–H groups in total. The molecule has 0 saturated heterocycles. The zero-order valence-electron chi connectivity index (χ0n) is 12.3. The highest BCUT2D eigenvalue weighted by atomic mass is 32.2. The van der Waals surface area contributed by atoms with E-state index in [1.165, 1.54) is 23.5 Å². The number of hydrogen-bond donors (Lipinski definition) is 1. The summed E-state index contributed by atoms with van der Waals surface area (Å²) in [4.78, 5) is 12.6. The number of esters is 1. The Kier molecular flexibility index (Phi) is 5.20. The minimum Gasteiger partial charge on any atom is -0.462 e. The first-order valence-electron chi connectivity index (χ1n) is 6.79. The summed E-state index contributed by atoms with van der Waals surface area (Å²) in [6.07, 6.45) is 0.754. The van der Waals surface area contributed by atoms with Crippen molar-refractivity contribution in [1.82, 2.24) is 0 Å². The third-order valence-electron chi connectivity index (χ3n) is 2.79. The first kappa shape index (κ1) is 16.5. The third-order valence-corrected chi connectivity index (χ3v) is 5.66. The molecule has 0 aliphatic heterocycles. The smallest absolute Gasteiger partial charge is 0.338 e. The maximum absolute atomic E-state index is 12.2. The van der Waals surface area contributed by atoms with Gasteiger partial charge in [0.05, 0.1) is 12.2 Å². The monoisotopic (exact) mass is 339 g/mol. The zero-order chi connectivity index (χ0) is 16.2. The van der Waals surface area contributed by atoms with Gasteiger partial charge in [-0.1, -0.05) is 6.92 Å². The topological polar surface area (TPSA) is 72.5 Å². The number of aryl methyl sites for hydroxylation is 1. The van der Waals surface area contributed by atoms with Gasteiger partial charge in [-0.3, -0.25) is 4.72 Å². The fourth-order valence-electron chi connectivity index (χ4n) is 1.71. The summed E-state index contributed by atoms with van der Waals surface area (Å²) in [5, 5.41) is 0. The minimum atomic E-state index is -3.59. The summed E-state index contributed by atoms with van der Waals surface area (Å²) in [7, 11) is -3.59. The molecule has 1 aromatic heterocycles. The molecule has 0 atom stereocenters. The van der Waals surface area contributed by atoms with Crippen LogP contribution in [0.15, 0.2) is 40.6 Å². The highest BCUT2D eigenvalue weighted by Crippen LogP contribution is 2.23. The van der Waals surface area contributed by atoms with E-state index in [0.29, 0.717) is 17.9 Å². The lowest BCUT2D eigenvalue weighted by atomic mass is 10.2. The first-order chi connectivity index (χ1) is 10.4. The third kappa shape index (κ3) is 4.08. The maximum atomic E-state index is 12.2. The number of nitrogens with one attached hydrogen (secondary N) is 1. The molecule has 1 aromatic carbocycles. The van der Waals surface area contributed by atoms with Crippen LogP contribution in [-0.2, 0) is 14.8 Å². The molecule has 2 rings (SSSR count). The second-order valence-electron chi connectivity index (χ2n) is 4.68. The molecule has 0 spiro atoms. The van der Waals surface area contributed by atoms with E-state index in [0.717, 1.165) is 11.3 Å². The largest absolute Gasteiger partial charge is 0.462 e. The Balaban J connectivity index is 2.09. The molecule has 2 aromatic rings. The van der Waals surface area contributed by atoms with E-state index < -0.39 is 16.0 Å². The van der Waals surface area contributed by atoms with Crippen LogP contribution in [0.3, 0.4) is 0 Å². The molecule has 0 fully saturated rings. The van der Waals surface area contributed by atoms with Crippen molar-refractivity contribution in [3.05, 3.63) is 46.8 Å². The van der Waals surface area contributed by atoms with Crippen LogP contribution in [0.2, 0.25) is 0 Å². The summed E-state index contributed by atoms with van der Waals surface area (Å²) in [5.41, 5.74) is 0.793. The van der Waals surface area contributed by atoms with Crippen LogP contribution in [0.25, 0.3) is 0 Å². The summed E-state index contributed by atoms with van der Waals surface area (Å²) >= 11 is 1.21. The van der Waals surface area contributed by atoms with E-state index in [1.54, 1.807) is 24.3 Å². The SMILES string of the molecule is CCCOC(=O)c1ccc(NS(=O)(=O)c2ccc(C)s2)cc1. The number of sulfonamides is 1. The summed E-state index contributed by atoms with van der Waals surface area (Å²) in [6, 6.07) is 9.48. The standard InChI is InChI=1S/C15H17NO4S2/c1-3-10-20-15(17)12-5-7-13(8-6-12)16-22(18,19)14-9-4-11(2)21-14/h4-9,16H,3,10H2,1-2H3. The molecule has 0 amide bonds. The molecule has 5 nitrogen and oxygen atoms in total. The summed E-state index contributed by atoms with van der Waals surface area (Å²) in [5.74, 6) is -0.412. The summed E-state index contributed by atoms with van der Waals surface area (Å²) < 4.78 is 32.1. The van der Waals surface area contributed by atoms with Crippen molar-refractivity contribution in [2.75, 3.05) is 11.3 Å². The Morgan fingerprint density at radius 1 is 1.18 bits per heavy atom. The number of hydrogen-bond acceptors (Lipinski definition) is 5. The number of carbonyl (C=O) groups is 1. The van der Waals surface area contributed by atoms with Gasteiger partial charge >= 0.3 is 5.97 Å². The maximum Gasteiger partial charge on any atom is 0.338 e. The summed E-state index contributed by atoms with van der Waals surface area (Å²) in [6.45, 7) is 4.13. The number of carbonyl (C=O) groups excluding carboxylic acids is 1. The van der Waals surface area contributed by atoms with E-state index in [9.17, 15) is 13.2 Å². The number of anilines is 1. The molecule has 118 valence electrons. The Morgan fingerprint density at radius 2 is 1.86 bits per heavy atom. The lowest BCUT2D eigenvalue weighted by Crippen LogP contribution is -2.12. The van der Waals surface area contributed by atoms with Crippen molar-refractivity contribution in [3.63, 3.8) is 0 Å². The van der Waals surface area contributed by atoms with Crippen LogP contribution in [0.4, 0.5) is 5.69 Å². The van der Waals surface area contributed by atoms with Crippen molar-refractivity contribution < 1.29 is 17.9 Å². The zero-order valence-corrected chi connectivity index (χ0v) is 14.0. The molecular formula is C15H17NO4S2. The van der Waals surface area contributed by atoms with E-state index in [4.69, 9.17) is 4.74 Å². The van der Waals surface area contributed by atoms with E-state index in [2.05, 4.69) is 4.72 Å². The molecule has 1 heterocycles. The number of benzene rings is 1. The normalized spacial score (nSPS) is 11.2. The average molecular weight is 339 g/mol. The van der Waals surface area contributed by atoms with Gasteiger partial charge in [0.1, 0.15) is 4.21 Å². The van der Waals surface area contributed by atoms with Gasteiger partial charge in [-0.05, 0) is 49.7 Å². The van der Waals surface area contributed by atoms with Gasteiger partial charge in [0, 0.05) is 10.6 Å². The molecule has 22 heavy (non-hydrogen) atoms. The van der Waals surface area contributed by atoms with Crippen LogP contribution in [0, 0.1) is 6.92 Å². The molecule has 0 radical (unpaired) electrons. The second kappa shape index (κ2) is 6.93. The van der Waals surface area contributed by atoms with Crippen molar-refractivity contribution in [2.45, 2.75) is 24.5 Å². The highest BCUT2D eigenvalue weighted by Gasteiger charge is 2.16. The Hall–Kier alpha value is -1.86. The minimum absolute atomic E-state index is 0.261. The number of thiophene rings is 1. The van der Waals surface area contributed by atoms with Gasteiger partial charge in [-0.25, -0.2) is 13.2 Å². The molecule has 7 heteroatoms. The van der Waals surface area contributed by atoms with Gasteiger partial charge in [-0.15, -0.1) is 11.3 Å². The quantitative estimate of drug-likeness (QED) is 0.819.